The Labute approximate surface area is 208 Å². The van der Waals surface area contributed by atoms with Gasteiger partial charge < -0.3 is 16.5 Å². The van der Waals surface area contributed by atoms with Gasteiger partial charge in [0.1, 0.15) is 0 Å². The van der Waals surface area contributed by atoms with Crippen LogP contribution >= 0.6 is 0 Å². The summed E-state index contributed by atoms with van der Waals surface area (Å²) in [5.41, 5.74) is 16.8. The molecule has 4 N–H and O–H groups in total. The normalized spacial score (nSPS) is 11.6. The summed E-state index contributed by atoms with van der Waals surface area (Å²) < 4.78 is 0. The molecule has 0 aliphatic rings. The SMILES string of the molecule is N/C=c1/cc[n-]/c1=C(/N)c1ccccn1.[Cu+].c1ccc(-c2ccccc2-c2ccccn2)nc1. The molecule has 0 atom stereocenters. The molecule has 7 heteroatoms. The van der Waals surface area contributed by atoms with Crippen molar-refractivity contribution < 1.29 is 17.1 Å². The minimum Gasteiger partial charge on any atom is -0.662 e. The van der Waals surface area contributed by atoms with Gasteiger partial charge in [0.05, 0.1) is 17.1 Å². The van der Waals surface area contributed by atoms with E-state index in [4.69, 9.17) is 11.5 Å². The van der Waals surface area contributed by atoms with Crippen LogP contribution < -0.4 is 27.0 Å². The molecule has 0 unspecified atom stereocenters. The summed E-state index contributed by atoms with van der Waals surface area (Å²) in [5.74, 6) is 0. The number of pyridine rings is 3. The van der Waals surface area contributed by atoms with Crippen LogP contribution in [0, 0.1) is 0 Å². The topological polar surface area (TPSA) is 105 Å². The van der Waals surface area contributed by atoms with E-state index in [0.717, 1.165) is 27.7 Å². The molecule has 4 heterocycles. The van der Waals surface area contributed by atoms with E-state index in [1.807, 2.05) is 85.2 Å². The van der Waals surface area contributed by atoms with E-state index in [1.54, 1.807) is 12.4 Å². The Morgan fingerprint density at radius 2 is 1.21 bits per heavy atom. The van der Waals surface area contributed by atoms with Gasteiger partial charge in [0.2, 0.25) is 0 Å². The van der Waals surface area contributed by atoms with E-state index in [-0.39, 0.29) is 17.1 Å². The average Bonchev–Trinajstić information content (AvgIpc) is 3.39. The number of hydrogen-bond acceptors (Lipinski definition) is 5. The first-order valence-electron chi connectivity index (χ1n) is 10.4. The molecule has 0 aliphatic heterocycles. The maximum Gasteiger partial charge on any atom is 1.00 e. The molecule has 0 amide bonds. The van der Waals surface area contributed by atoms with E-state index in [2.05, 4.69) is 32.1 Å². The molecule has 0 radical (unpaired) electrons. The zero-order valence-electron chi connectivity index (χ0n) is 18.2. The molecule has 5 aromatic rings. The quantitative estimate of drug-likeness (QED) is 0.373. The van der Waals surface area contributed by atoms with Gasteiger partial charge in [-0.25, -0.2) is 0 Å². The van der Waals surface area contributed by atoms with Crippen LogP contribution in [-0.4, -0.2) is 15.0 Å². The van der Waals surface area contributed by atoms with E-state index in [0.29, 0.717) is 16.7 Å². The molecular weight excluding hydrogens is 472 g/mol. The predicted molar refractivity (Wildman–Crippen MR) is 132 cm³/mol. The van der Waals surface area contributed by atoms with Gasteiger partial charge >= 0.3 is 17.1 Å². The second-order valence-electron chi connectivity index (χ2n) is 7.02. The molecule has 34 heavy (non-hydrogen) atoms. The Bertz CT molecular complexity index is 1360. The molecule has 172 valence electrons. The third-order valence-electron chi connectivity index (χ3n) is 4.92. The van der Waals surface area contributed by atoms with Crippen LogP contribution in [0.2, 0.25) is 0 Å². The van der Waals surface area contributed by atoms with Crippen LogP contribution in [0.25, 0.3) is 34.4 Å². The maximum absolute atomic E-state index is 5.95. The van der Waals surface area contributed by atoms with Crippen molar-refractivity contribution in [3.8, 4) is 22.5 Å². The summed E-state index contributed by atoms with van der Waals surface area (Å²) >= 11 is 0. The van der Waals surface area contributed by atoms with Gasteiger partial charge in [-0.1, -0.05) is 48.5 Å². The Morgan fingerprint density at radius 1 is 0.676 bits per heavy atom. The van der Waals surface area contributed by atoms with Gasteiger partial charge in [0, 0.05) is 35.4 Å². The molecule has 1 aromatic carbocycles. The Hall–Kier alpha value is -4.19. The van der Waals surface area contributed by atoms with Crippen LogP contribution in [0.5, 0.6) is 0 Å². The molecule has 0 saturated carbocycles. The Kier molecular flexibility index (Phi) is 8.74. The summed E-state index contributed by atoms with van der Waals surface area (Å²) in [6.07, 6.45) is 8.47. The van der Waals surface area contributed by atoms with Gasteiger partial charge in [-0.05, 0) is 47.8 Å². The maximum atomic E-state index is 5.95. The molecule has 6 nitrogen and oxygen atoms in total. The van der Waals surface area contributed by atoms with Gasteiger partial charge in [-0.15, -0.1) is 5.35 Å². The first kappa shape index (κ1) is 24.5. The Morgan fingerprint density at radius 3 is 1.68 bits per heavy atom. The van der Waals surface area contributed by atoms with Gasteiger partial charge in [0.25, 0.3) is 0 Å². The summed E-state index contributed by atoms with van der Waals surface area (Å²) in [6.45, 7) is 0. The monoisotopic (exact) mass is 494 g/mol. The van der Waals surface area contributed by atoms with Crippen LogP contribution in [0.3, 0.4) is 0 Å². The zero-order valence-corrected chi connectivity index (χ0v) is 19.2. The fourth-order valence-corrected chi connectivity index (χ4v) is 3.32. The van der Waals surface area contributed by atoms with Crippen molar-refractivity contribution >= 4 is 11.9 Å². The van der Waals surface area contributed by atoms with Gasteiger partial charge in [-0.2, -0.15) is 6.20 Å². The third kappa shape index (κ3) is 5.78. The standard InChI is InChI=1S/C16H12N2.C11H11N4.Cu/c1-2-8-14(16-10-4-6-12-18-16)13(7-1)15-9-3-5-11-17-15;12-7-8-4-6-15-11(8)10(13)9-3-1-2-5-14-9;/h1-12H;1-7H,12-13H2;/q;-1;+1/b;8-7-,11-10+;. The van der Waals surface area contributed by atoms with Crippen LogP contribution in [0.1, 0.15) is 5.69 Å². The fraction of sp³-hybridized carbons (Fsp3) is 0. The average molecular weight is 495 g/mol. The van der Waals surface area contributed by atoms with Crippen molar-refractivity contribution in [2.75, 3.05) is 0 Å². The van der Waals surface area contributed by atoms with E-state index < -0.39 is 0 Å². The van der Waals surface area contributed by atoms with Crippen molar-refractivity contribution in [2.24, 2.45) is 11.5 Å². The molecule has 0 spiro atoms. The first-order valence-corrected chi connectivity index (χ1v) is 10.4. The number of hydrogen-bond donors (Lipinski definition) is 2. The van der Waals surface area contributed by atoms with Crippen molar-refractivity contribution in [2.45, 2.75) is 0 Å². The second-order valence-corrected chi connectivity index (χ2v) is 7.02. The smallest absolute Gasteiger partial charge is 0.662 e. The van der Waals surface area contributed by atoms with Crippen molar-refractivity contribution in [1.82, 2.24) is 19.9 Å². The third-order valence-corrected chi connectivity index (χ3v) is 4.92. The van der Waals surface area contributed by atoms with Gasteiger partial charge in [0.15, 0.2) is 0 Å². The number of nitrogens with zero attached hydrogens (tertiary/aromatic N) is 4. The minimum atomic E-state index is 0. The molecule has 4 aromatic heterocycles. The number of nitrogens with two attached hydrogens (primary N) is 2. The summed E-state index contributed by atoms with van der Waals surface area (Å²) in [4.78, 5) is 17.1. The fourth-order valence-electron chi connectivity index (χ4n) is 3.32. The van der Waals surface area contributed by atoms with Crippen LogP contribution in [-0.2, 0) is 17.1 Å². The van der Waals surface area contributed by atoms with Crippen molar-refractivity contribution in [3.05, 3.63) is 126 Å². The van der Waals surface area contributed by atoms with E-state index >= 15 is 0 Å². The van der Waals surface area contributed by atoms with E-state index in [1.165, 1.54) is 6.20 Å². The second kappa shape index (κ2) is 12.2. The molecule has 0 saturated heterocycles. The van der Waals surface area contributed by atoms with Gasteiger partial charge in [-0.3, -0.25) is 15.0 Å². The predicted octanol–water partition coefficient (Wildman–Crippen LogP) is 2.66. The Balaban J connectivity index is 0.000000188. The number of rotatable bonds is 3. The molecular formula is C27H23CuN6. The molecule has 0 bridgehead atoms. The van der Waals surface area contributed by atoms with Crippen LogP contribution in [0.15, 0.2) is 110 Å². The van der Waals surface area contributed by atoms with Crippen molar-refractivity contribution in [3.63, 3.8) is 0 Å². The minimum absolute atomic E-state index is 0. The largest absolute Gasteiger partial charge is 1.00 e. The van der Waals surface area contributed by atoms with Crippen LogP contribution in [0.4, 0.5) is 0 Å². The summed E-state index contributed by atoms with van der Waals surface area (Å²) in [7, 11) is 0. The summed E-state index contributed by atoms with van der Waals surface area (Å²) in [5, 5.41) is 1.49. The molecule has 0 aliphatic carbocycles. The number of aromatic nitrogens is 4. The molecule has 5 rings (SSSR count). The first-order chi connectivity index (χ1) is 16.3. The number of benzene rings is 1. The van der Waals surface area contributed by atoms with E-state index in [9.17, 15) is 0 Å². The molecule has 0 fully saturated rings. The summed E-state index contributed by atoms with van der Waals surface area (Å²) in [6, 6.07) is 27.4. The van der Waals surface area contributed by atoms with Crippen molar-refractivity contribution in [1.29, 1.82) is 0 Å². The zero-order chi connectivity index (χ0) is 22.9.